The van der Waals surface area contributed by atoms with Gasteiger partial charge >= 0.3 is 0 Å². The predicted molar refractivity (Wildman–Crippen MR) is 127 cm³/mol. The average molecular weight is 408 g/mol. The Morgan fingerprint density at radius 3 is 2.13 bits per heavy atom. The molecule has 0 bridgehead atoms. The molecule has 1 aliphatic heterocycles. The van der Waals surface area contributed by atoms with Crippen molar-refractivity contribution in [2.24, 2.45) is 4.99 Å². The Labute approximate surface area is 182 Å². The van der Waals surface area contributed by atoms with E-state index in [1.54, 1.807) is 0 Å². The number of hydrogen-bond donors (Lipinski definition) is 2. The molecule has 0 aromatic heterocycles. The molecular weight excluding hydrogens is 370 g/mol. The van der Waals surface area contributed by atoms with Crippen LogP contribution >= 0.6 is 0 Å². The van der Waals surface area contributed by atoms with Crippen LogP contribution in [0.15, 0.2) is 65.7 Å². The molecule has 30 heavy (non-hydrogen) atoms. The quantitative estimate of drug-likeness (QED) is 0.522. The molecule has 1 aliphatic rings. The molecule has 0 spiro atoms. The second kappa shape index (κ2) is 11.7. The van der Waals surface area contributed by atoms with Crippen LogP contribution in [-0.4, -0.2) is 75.2 Å². The minimum absolute atomic E-state index is 0.391. The van der Waals surface area contributed by atoms with Crippen LogP contribution in [0.1, 0.15) is 24.0 Å². The zero-order valence-corrected chi connectivity index (χ0v) is 18.7. The summed E-state index contributed by atoms with van der Waals surface area (Å²) >= 11 is 0. The highest BCUT2D eigenvalue weighted by Gasteiger charge is 2.19. The summed E-state index contributed by atoms with van der Waals surface area (Å²) < 4.78 is 0. The van der Waals surface area contributed by atoms with E-state index in [0.29, 0.717) is 12.0 Å². The summed E-state index contributed by atoms with van der Waals surface area (Å²) in [6.45, 7) is 8.62. The third kappa shape index (κ3) is 6.85. The molecule has 0 saturated carbocycles. The van der Waals surface area contributed by atoms with Crippen LogP contribution in [0, 0.1) is 0 Å². The molecule has 3 rings (SSSR count). The van der Waals surface area contributed by atoms with Gasteiger partial charge in [-0.3, -0.25) is 9.89 Å². The fraction of sp³-hybridized carbons (Fsp3) is 0.480. The van der Waals surface area contributed by atoms with E-state index in [9.17, 15) is 0 Å². The van der Waals surface area contributed by atoms with Gasteiger partial charge in [0.05, 0.1) is 0 Å². The topological polar surface area (TPSA) is 42.9 Å². The van der Waals surface area contributed by atoms with E-state index in [-0.39, 0.29) is 0 Å². The van der Waals surface area contributed by atoms with Gasteiger partial charge in [-0.1, -0.05) is 60.7 Å². The lowest BCUT2D eigenvalue weighted by molar-refractivity contribution is 0.120. The van der Waals surface area contributed by atoms with E-state index in [2.05, 4.69) is 100 Å². The number of benzene rings is 2. The Morgan fingerprint density at radius 1 is 0.900 bits per heavy atom. The lowest BCUT2D eigenvalue weighted by atomic mass is 9.92. The molecule has 1 heterocycles. The summed E-state index contributed by atoms with van der Waals surface area (Å²) in [5.74, 6) is 1.27. The van der Waals surface area contributed by atoms with Crippen molar-refractivity contribution in [1.82, 2.24) is 20.4 Å². The third-order valence-corrected chi connectivity index (χ3v) is 6.06. The average Bonchev–Trinajstić information content (AvgIpc) is 2.80. The molecule has 0 aliphatic carbocycles. The number of hydrogen-bond acceptors (Lipinski definition) is 3. The van der Waals surface area contributed by atoms with E-state index < -0.39 is 0 Å². The minimum atomic E-state index is 0.391. The summed E-state index contributed by atoms with van der Waals surface area (Å²) in [6.07, 6.45) is 1.01. The van der Waals surface area contributed by atoms with Crippen LogP contribution in [0.3, 0.4) is 0 Å². The van der Waals surface area contributed by atoms with Gasteiger partial charge in [0, 0.05) is 58.3 Å². The number of guanidine groups is 1. The van der Waals surface area contributed by atoms with Crippen molar-refractivity contribution in [2.75, 3.05) is 53.4 Å². The van der Waals surface area contributed by atoms with E-state index in [1.807, 2.05) is 7.05 Å². The van der Waals surface area contributed by atoms with Gasteiger partial charge in [0.25, 0.3) is 0 Å². The van der Waals surface area contributed by atoms with Crippen molar-refractivity contribution in [3.05, 3.63) is 71.8 Å². The van der Waals surface area contributed by atoms with Crippen molar-refractivity contribution in [3.63, 3.8) is 0 Å². The highest BCUT2D eigenvalue weighted by atomic mass is 15.3. The molecule has 5 nitrogen and oxygen atoms in total. The number of nitrogens with one attached hydrogen (secondary N) is 2. The second-order valence-corrected chi connectivity index (χ2v) is 8.32. The molecule has 2 atom stereocenters. The maximum absolute atomic E-state index is 4.46. The Kier molecular flexibility index (Phi) is 8.72. The summed E-state index contributed by atoms with van der Waals surface area (Å²) in [5.41, 5.74) is 2.72. The summed E-state index contributed by atoms with van der Waals surface area (Å²) in [4.78, 5) is 9.41. The zero-order valence-electron chi connectivity index (χ0n) is 18.7. The SMILES string of the molecule is CN=C(NCC(Cc1ccccc1)c1ccccc1)NCC(C)N1CCN(C)CC1. The van der Waals surface area contributed by atoms with Gasteiger partial charge in [-0.2, -0.15) is 0 Å². The van der Waals surface area contributed by atoms with Crippen molar-refractivity contribution >= 4 is 5.96 Å². The highest BCUT2D eigenvalue weighted by Crippen LogP contribution is 2.20. The zero-order chi connectivity index (χ0) is 21.2. The van der Waals surface area contributed by atoms with Gasteiger partial charge in [-0.05, 0) is 31.5 Å². The monoisotopic (exact) mass is 407 g/mol. The molecule has 2 unspecified atom stereocenters. The number of likely N-dealkylation sites (N-methyl/N-ethyl adjacent to an activating group) is 1. The van der Waals surface area contributed by atoms with Crippen LogP contribution in [0.25, 0.3) is 0 Å². The van der Waals surface area contributed by atoms with Crippen molar-refractivity contribution in [3.8, 4) is 0 Å². The first-order chi connectivity index (χ1) is 14.7. The van der Waals surface area contributed by atoms with Crippen molar-refractivity contribution in [1.29, 1.82) is 0 Å². The number of nitrogens with zero attached hydrogens (tertiary/aromatic N) is 3. The third-order valence-electron chi connectivity index (χ3n) is 6.06. The molecular formula is C25H37N5. The van der Waals surface area contributed by atoms with Crippen LogP contribution < -0.4 is 10.6 Å². The lowest BCUT2D eigenvalue weighted by Gasteiger charge is -2.36. The van der Waals surface area contributed by atoms with Crippen LogP contribution in [-0.2, 0) is 6.42 Å². The van der Waals surface area contributed by atoms with Crippen LogP contribution in [0.4, 0.5) is 0 Å². The molecule has 0 radical (unpaired) electrons. The molecule has 2 aromatic carbocycles. The summed E-state index contributed by atoms with van der Waals surface area (Å²) in [7, 11) is 4.05. The number of piperazine rings is 1. The Balaban J connectivity index is 1.54. The molecule has 1 saturated heterocycles. The molecule has 2 N–H and O–H groups in total. The lowest BCUT2D eigenvalue weighted by Crippen LogP contribution is -2.52. The summed E-state index contributed by atoms with van der Waals surface area (Å²) in [6, 6.07) is 22.0. The van der Waals surface area contributed by atoms with Crippen molar-refractivity contribution < 1.29 is 0 Å². The maximum atomic E-state index is 4.46. The normalized spacial score (nSPS) is 18.0. The van der Waals surface area contributed by atoms with Gasteiger partial charge in [-0.15, -0.1) is 0 Å². The Bertz CT molecular complexity index is 754. The van der Waals surface area contributed by atoms with E-state index >= 15 is 0 Å². The Hall–Kier alpha value is -2.37. The van der Waals surface area contributed by atoms with Gasteiger partial charge in [0.15, 0.2) is 5.96 Å². The van der Waals surface area contributed by atoms with E-state index in [1.165, 1.54) is 11.1 Å². The van der Waals surface area contributed by atoms with Gasteiger partial charge in [0.1, 0.15) is 0 Å². The first-order valence-corrected chi connectivity index (χ1v) is 11.1. The predicted octanol–water partition coefficient (Wildman–Crippen LogP) is 2.81. The molecule has 162 valence electrons. The van der Waals surface area contributed by atoms with Gasteiger partial charge in [0.2, 0.25) is 0 Å². The van der Waals surface area contributed by atoms with Crippen LogP contribution in [0.2, 0.25) is 0 Å². The molecule has 0 amide bonds. The standard InChI is InChI=1S/C25H37N5/c1-21(30-16-14-29(3)15-17-30)19-27-25(26-2)28-20-24(23-12-8-5-9-13-23)18-22-10-6-4-7-11-22/h4-13,21,24H,14-20H2,1-3H3,(H2,26,27,28). The summed E-state index contributed by atoms with van der Waals surface area (Å²) in [5, 5.41) is 7.10. The highest BCUT2D eigenvalue weighted by molar-refractivity contribution is 5.79. The first-order valence-electron chi connectivity index (χ1n) is 11.1. The number of aliphatic imine (C=N–C) groups is 1. The minimum Gasteiger partial charge on any atom is -0.356 e. The molecule has 1 fully saturated rings. The second-order valence-electron chi connectivity index (χ2n) is 8.32. The largest absolute Gasteiger partial charge is 0.356 e. The number of rotatable bonds is 8. The van der Waals surface area contributed by atoms with E-state index in [4.69, 9.17) is 0 Å². The first kappa shape index (κ1) is 22.3. The maximum Gasteiger partial charge on any atom is 0.191 e. The van der Waals surface area contributed by atoms with Crippen LogP contribution in [0.5, 0.6) is 0 Å². The Morgan fingerprint density at radius 2 is 1.50 bits per heavy atom. The van der Waals surface area contributed by atoms with E-state index in [0.717, 1.165) is 51.6 Å². The fourth-order valence-corrected chi connectivity index (χ4v) is 4.01. The molecule has 2 aromatic rings. The van der Waals surface area contributed by atoms with Gasteiger partial charge in [-0.25, -0.2) is 0 Å². The van der Waals surface area contributed by atoms with Gasteiger partial charge < -0.3 is 15.5 Å². The smallest absolute Gasteiger partial charge is 0.191 e. The molecule has 5 heteroatoms. The van der Waals surface area contributed by atoms with Crippen molar-refractivity contribution in [2.45, 2.75) is 25.3 Å². The fourth-order valence-electron chi connectivity index (χ4n) is 4.01.